The molecule has 4 aliphatic carbocycles. The van der Waals surface area contributed by atoms with Gasteiger partial charge in [0.15, 0.2) is 0 Å². The number of hydrogen-bond donors (Lipinski definition) is 0. The van der Waals surface area contributed by atoms with Crippen molar-refractivity contribution in [2.24, 2.45) is 23.7 Å². The van der Waals surface area contributed by atoms with E-state index in [2.05, 4.69) is 12.2 Å². The highest BCUT2D eigenvalue weighted by Gasteiger charge is 2.51. The fourth-order valence-corrected chi connectivity index (χ4v) is 3.07. The van der Waals surface area contributed by atoms with Crippen molar-refractivity contribution in [1.82, 2.24) is 0 Å². The topological polar surface area (TPSA) is 17.1 Å². The van der Waals surface area contributed by atoms with E-state index in [9.17, 15) is 4.79 Å². The van der Waals surface area contributed by atoms with Gasteiger partial charge in [-0.2, -0.15) is 0 Å². The maximum Gasteiger partial charge on any atom is 0.137 e. The van der Waals surface area contributed by atoms with Crippen molar-refractivity contribution in [2.75, 3.05) is 0 Å². The molecule has 0 radical (unpaired) electrons. The third kappa shape index (κ3) is 0.597. The molecule has 0 amide bonds. The summed E-state index contributed by atoms with van der Waals surface area (Å²) in [5, 5.41) is 0. The zero-order valence-electron chi connectivity index (χ0n) is 6.49. The van der Waals surface area contributed by atoms with Gasteiger partial charge in [-0.25, -0.2) is 0 Å². The van der Waals surface area contributed by atoms with E-state index >= 15 is 0 Å². The summed E-state index contributed by atoms with van der Waals surface area (Å²) in [6, 6.07) is 0. The Morgan fingerprint density at radius 1 is 1.18 bits per heavy atom. The number of rotatable bonds is 0. The molecular weight excluding hydrogens is 136 g/mol. The van der Waals surface area contributed by atoms with Crippen LogP contribution in [-0.2, 0) is 4.79 Å². The standard InChI is InChI=1S/C10H12O/c11-9-5-8-6-1-3-7(4-2-6)10(8)9/h1,3,6-8,10H,2,4-5H2/t6-,7+,8+,10-/m1/s1. The summed E-state index contributed by atoms with van der Waals surface area (Å²) in [7, 11) is 0. The van der Waals surface area contributed by atoms with Crippen LogP contribution in [0.25, 0.3) is 0 Å². The molecule has 0 heterocycles. The quantitative estimate of drug-likeness (QED) is 0.479. The van der Waals surface area contributed by atoms with E-state index in [0.29, 0.717) is 17.6 Å². The van der Waals surface area contributed by atoms with Gasteiger partial charge in [0.1, 0.15) is 5.78 Å². The Labute approximate surface area is 66.5 Å². The normalized spacial score (nSPS) is 52.2. The van der Waals surface area contributed by atoms with Crippen LogP contribution in [0.1, 0.15) is 19.3 Å². The Kier molecular flexibility index (Phi) is 0.961. The number of Topliss-reactive ketones (excluding diaryl/α,β-unsaturated/α-hetero) is 1. The first-order chi connectivity index (χ1) is 5.36. The summed E-state index contributed by atoms with van der Waals surface area (Å²) in [5.41, 5.74) is 0. The fourth-order valence-electron chi connectivity index (χ4n) is 3.07. The number of allylic oxidation sites excluding steroid dienone is 2. The Bertz CT molecular complexity index is 241. The second-order valence-electron chi connectivity index (χ2n) is 4.15. The van der Waals surface area contributed by atoms with Crippen molar-refractivity contribution in [2.45, 2.75) is 19.3 Å². The predicted octanol–water partition coefficient (Wildman–Crippen LogP) is 1.79. The molecule has 11 heavy (non-hydrogen) atoms. The lowest BCUT2D eigenvalue weighted by molar-refractivity contribution is -0.141. The average Bonchev–Trinajstić information content (AvgIpc) is 2.03. The van der Waals surface area contributed by atoms with E-state index in [1.807, 2.05) is 0 Å². The molecule has 0 aromatic carbocycles. The molecule has 4 rings (SSSR count). The van der Waals surface area contributed by atoms with Gasteiger partial charge in [-0.05, 0) is 30.6 Å². The molecule has 0 saturated heterocycles. The van der Waals surface area contributed by atoms with Gasteiger partial charge in [-0.3, -0.25) is 4.79 Å². The van der Waals surface area contributed by atoms with E-state index < -0.39 is 0 Å². The molecular formula is C10H12O. The SMILES string of the molecule is O=C1C[C@@H]2[C@H]1[C@H]1C=C[C@@H]2CC1. The van der Waals surface area contributed by atoms with E-state index in [0.717, 1.165) is 18.3 Å². The first kappa shape index (κ1) is 5.99. The zero-order chi connectivity index (χ0) is 7.42. The van der Waals surface area contributed by atoms with Gasteiger partial charge in [0.25, 0.3) is 0 Å². The highest BCUT2D eigenvalue weighted by atomic mass is 16.1. The lowest BCUT2D eigenvalue weighted by Crippen LogP contribution is -2.50. The Hall–Kier alpha value is -0.590. The molecule has 4 atom stereocenters. The molecule has 0 aliphatic heterocycles. The largest absolute Gasteiger partial charge is 0.299 e. The van der Waals surface area contributed by atoms with Crippen LogP contribution in [0.5, 0.6) is 0 Å². The number of hydrogen-bond acceptors (Lipinski definition) is 1. The first-order valence-electron chi connectivity index (χ1n) is 4.57. The van der Waals surface area contributed by atoms with E-state index in [4.69, 9.17) is 0 Å². The molecule has 0 N–H and O–H groups in total. The second kappa shape index (κ2) is 1.77. The van der Waals surface area contributed by atoms with Crippen molar-refractivity contribution in [3.63, 3.8) is 0 Å². The van der Waals surface area contributed by atoms with Crippen LogP contribution in [0, 0.1) is 23.7 Å². The maximum absolute atomic E-state index is 11.2. The Morgan fingerprint density at radius 3 is 2.36 bits per heavy atom. The van der Waals surface area contributed by atoms with Crippen LogP contribution < -0.4 is 0 Å². The molecule has 1 heteroatoms. The highest BCUT2D eigenvalue weighted by Crippen LogP contribution is 2.52. The van der Waals surface area contributed by atoms with Crippen molar-refractivity contribution >= 4 is 5.78 Å². The summed E-state index contributed by atoms with van der Waals surface area (Å²) in [6.45, 7) is 0. The molecule has 2 bridgehead atoms. The summed E-state index contributed by atoms with van der Waals surface area (Å²) in [5.74, 6) is 3.15. The smallest absolute Gasteiger partial charge is 0.137 e. The van der Waals surface area contributed by atoms with Gasteiger partial charge in [0, 0.05) is 12.3 Å². The lowest BCUT2D eigenvalue weighted by atomic mass is 9.52. The molecule has 0 unspecified atom stereocenters. The van der Waals surface area contributed by atoms with Crippen LogP contribution in [0.4, 0.5) is 0 Å². The molecule has 4 aliphatic rings. The first-order valence-corrected chi connectivity index (χ1v) is 4.57. The van der Waals surface area contributed by atoms with Gasteiger partial charge in [0.2, 0.25) is 0 Å². The van der Waals surface area contributed by atoms with Crippen molar-refractivity contribution in [1.29, 1.82) is 0 Å². The van der Waals surface area contributed by atoms with Crippen molar-refractivity contribution in [3.05, 3.63) is 12.2 Å². The zero-order valence-corrected chi connectivity index (χ0v) is 6.49. The predicted molar refractivity (Wildman–Crippen MR) is 42.0 cm³/mol. The fraction of sp³-hybridized carbons (Fsp3) is 0.700. The molecule has 58 valence electrons. The minimum Gasteiger partial charge on any atom is -0.299 e. The summed E-state index contributed by atoms with van der Waals surface area (Å²) in [4.78, 5) is 11.2. The number of carbonyl (C=O) groups is 1. The van der Waals surface area contributed by atoms with Gasteiger partial charge in [-0.15, -0.1) is 0 Å². The molecule has 0 aromatic rings. The van der Waals surface area contributed by atoms with Crippen molar-refractivity contribution in [3.8, 4) is 0 Å². The van der Waals surface area contributed by atoms with E-state index in [-0.39, 0.29) is 0 Å². The minimum absolute atomic E-state index is 0.457. The van der Waals surface area contributed by atoms with Gasteiger partial charge >= 0.3 is 0 Å². The lowest BCUT2D eigenvalue weighted by Gasteiger charge is -2.50. The van der Waals surface area contributed by atoms with Crippen LogP contribution in [-0.4, -0.2) is 5.78 Å². The Balaban J connectivity index is 2.00. The van der Waals surface area contributed by atoms with E-state index in [1.165, 1.54) is 12.8 Å². The molecule has 1 nitrogen and oxygen atoms in total. The van der Waals surface area contributed by atoms with Crippen LogP contribution in [0.2, 0.25) is 0 Å². The maximum atomic E-state index is 11.2. The average molecular weight is 148 g/mol. The summed E-state index contributed by atoms with van der Waals surface area (Å²) in [6.07, 6.45) is 8.13. The second-order valence-corrected chi connectivity index (χ2v) is 4.15. The molecule has 2 fully saturated rings. The number of fused-ring (bicyclic) bond motifs is 1. The summed E-state index contributed by atoms with van der Waals surface area (Å²) >= 11 is 0. The Morgan fingerprint density at radius 2 is 1.91 bits per heavy atom. The van der Waals surface area contributed by atoms with Crippen LogP contribution in [0.15, 0.2) is 12.2 Å². The van der Waals surface area contributed by atoms with Crippen molar-refractivity contribution < 1.29 is 4.79 Å². The monoisotopic (exact) mass is 148 g/mol. The van der Waals surface area contributed by atoms with Gasteiger partial charge in [-0.1, -0.05) is 12.2 Å². The summed E-state index contributed by atoms with van der Waals surface area (Å²) < 4.78 is 0. The van der Waals surface area contributed by atoms with Crippen LogP contribution in [0.3, 0.4) is 0 Å². The number of carbonyl (C=O) groups excluding carboxylic acids is 1. The number of ketones is 1. The minimum atomic E-state index is 0.457. The molecule has 0 aromatic heterocycles. The van der Waals surface area contributed by atoms with Crippen LogP contribution >= 0.6 is 0 Å². The van der Waals surface area contributed by atoms with Gasteiger partial charge in [0.05, 0.1) is 0 Å². The molecule has 2 saturated carbocycles. The third-order valence-electron chi connectivity index (χ3n) is 3.72. The van der Waals surface area contributed by atoms with Gasteiger partial charge < -0.3 is 0 Å². The highest BCUT2D eigenvalue weighted by molar-refractivity contribution is 5.88. The molecule has 0 spiro atoms. The van der Waals surface area contributed by atoms with E-state index in [1.54, 1.807) is 0 Å². The third-order valence-corrected chi connectivity index (χ3v) is 3.72.